The highest BCUT2D eigenvalue weighted by atomic mass is 79.9. The molecule has 0 unspecified atom stereocenters. The van der Waals surface area contributed by atoms with E-state index in [0.29, 0.717) is 39.7 Å². The Morgan fingerprint density at radius 3 is 1.24 bits per heavy atom. The summed E-state index contributed by atoms with van der Waals surface area (Å²) in [6.07, 6.45) is 8.00. The van der Waals surface area contributed by atoms with E-state index >= 15 is 0 Å². The third kappa shape index (κ3) is 15.0. The molecular formula is C67H80BBr3Cl2N2O8. The third-order valence-corrected chi connectivity index (χ3v) is 19.3. The lowest BCUT2D eigenvalue weighted by atomic mass is 9.45. The van der Waals surface area contributed by atoms with Crippen LogP contribution in [0.4, 0.5) is 0 Å². The van der Waals surface area contributed by atoms with Gasteiger partial charge >= 0.3 is 3.18 Å². The number of phenolic OH excluding ortho intramolecular Hbond substituents is 2. The summed E-state index contributed by atoms with van der Waals surface area (Å²) in [7, 11) is 3.21. The summed E-state index contributed by atoms with van der Waals surface area (Å²) in [6.45, 7) is 18.0. The van der Waals surface area contributed by atoms with Crippen molar-refractivity contribution >= 4 is 119 Å². The number of phenols is 2. The highest BCUT2D eigenvalue weighted by Crippen LogP contribution is 2.63. The number of rotatable bonds is 10. The van der Waals surface area contributed by atoms with Crippen LogP contribution < -0.4 is 20.1 Å². The number of fused-ring (bicyclic) bond motifs is 4. The van der Waals surface area contributed by atoms with Crippen molar-refractivity contribution in [1.82, 2.24) is 10.6 Å². The molecule has 0 aliphatic heterocycles. The van der Waals surface area contributed by atoms with Crippen molar-refractivity contribution in [1.29, 1.82) is 0 Å². The number of carbonyl (C=O) groups is 4. The van der Waals surface area contributed by atoms with Gasteiger partial charge in [0.15, 0.2) is 11.6 Å². The molecule has 6 aromatic rings. The van der Waals surface area contributed by atoms with Gasteiger partial charge in [-0.3, -0.25) is 19.2 Å². The average Bonchev–Trinajstić information content (AvgIpc) is 1.11. The standard InChI is InChI=1S/C34H41NO4.C32H37NO4.CH2Cl2.BBr3/c1-21-28(35-32(37)24-13-12-22-10-7-8-11-23(22)16-24)20-29-33(2,3)14-9-15-34(29,4)30(21)31(36)25-17-26(38-5)19-27(18-25)39-6;1-19-26(33-30(37)22-11-10-20-8-5-6-9-21(20)14-22)18-27-31(2,3)12-7-13-32(27,4)28(19)29(36)23-15-24(34)17-25(35)16-23;2-1-3;2-1(3)4/h7-8,10-13,16-19,21,28-30H,9,14-15,20H2,1-6H3,(H,35,37);5-6,8-11,14-17,19,26-28,34-35H,7,12-13,18H2,1-4H3,(H,33,37);1H2;/t21-,28-,29+,30-,34+;19-,26-,27+,28-,32+;;/m11../s1. The predicted molar refractivity (Wildman–Crippen MR) is 350 cm³/mol. The van der Waals surface area contributed by atoms with Gasteiger partial charge in [0.25, 0.3) is 11.8 Å². The molecule has 4 aliphatic rings. The van der Waals surface area contributed by atoms with Crippen LogP contribution in [0.5, 0.6) is 23.0 Å². The normalized spacial score (nSPS) is 26.5. The molecule has 10 rings (SSSR count). The van der Waals surface area contributed by atoms with Crippen molar-refractivity contribution in [2.24, 2.45) is 57.2 Å². The summed E-state index contributed by atoms with van der Waals surface area (Å²) in [5.74, 6) is 0.589. The Labute approximate surface area is 526 Å². The van der Waals surface area contributed by atoms with E-state index in [-0.39, 0.29) is 107 Å². The van der Waals surface area contributed by atoms with Crippen molar-refractivity contribution in [3.05, 3.63) is 144 Å². The van der Waals surface area contributed by atoms with Crippen LogP contribution in [0.3, 0.4) is 0 Å². The molecule has 4 saturated carbocycles. The van der Waals surface area contributed by atoms with E-state index in [4.69, 9.17) is 32.7 Å². The first-order valence-corrected chi connectivity index (χ1v) is 32.5. The summed E-state index contributed by atoms with van der Waals surface area (Å²) >= 11 is 18.8. The molecule has 10 nitrogen and oxygen atoms in total. The largest absolute Gasteiger partial charge is 0.508 e. The summed E-state index contributed by atoms with van der Waals surface area (Å²) in [4.78, 5) is 55.6. The highest BCUT2D eigenvalue weighted by molar-refractivity contribution is 9.69. The minimum absolute atomic E-state index is 0.0264. The molecule has 0 bridgehead atoms. The fourth-order valence-electron chi connectivity index (χ4n) is 15.5. The zero-order valence-electron chi connectivity index (χ0n) is 49.3. The number of amides is 2. The first-order chi connectivity index (χ1) is 39.2. The number of hydrogen-bond acceptors (Lipinski definition) is 8. The van der Waals surface area contributed by atoms with E-state index < -0.39 is 0 Å². The Morgan fingerprint density at radius 2 is 0.880 bits per heavy atom. The lowest BCUT2D eigenvalue weighted by molar-refractivity contribution is -0.0904. The van der Waals surface area contributed by atoms with Crippen molar-refractivity contribution in [3.63, 3.8) is 0 Å². The Bertz CT molecular complexity index is 3240. The van der Waals surface area contributed by atoms with E-state index in [1.54, 1.807) is 20.3 Å². The van der Waals surface area contributed by atoms with Gasteiger partial charge in [-0.1, -0.05) is 129 Å². The number of aromatic hydroxyl groups is 2. The number of nitrogens with one attached hydrogen (secondary N) is 2. The molecule has 444 valence electrons. The first kappa shape index (κ1) is 65.9. The van der Waals surface area contributed by atoms with Crippen LogP contribution in [0, 0.1) is 57.2 Å². The van der Waals surface area contributed by atoms with Crippen LogP contribution >= 0.6 is 70.5 Å². The van der Waals surface area contributed by atoms with Gasteiger partial charge in [-0.05, 0) is 154 Å². The van der Waals surface area contributed by atoms with Gasteiger partial charge in [-0.25, -0.2) is 0 Å². The molecule has 2 amide bonds. The molecule has 4 fully saturated rings. The Kier molecular flexibility index (Phi) is 22.1. The van der Waals surface area contributed by atoms with Gasteiger partial charge in [0.1, 0.15) is 23.0 Å². The van der Waals surface area contributed by atoms with Crippen LogP contribution in [0.1, 0.15) is 148 Å². The number of hydrogen-bond donors (Lipinski definition) is 4. The van der Waals surface area contributed by atoms with E-state index in [9.17, 15) is 29.4 Å². The molecule has 0 aromatic heterocycles. The molecule has 4 aliphatic carbocycles. The summed E-state index contributed by atoms with van der Waals surface area (Å²) in [6, 6.07) is 36.9. The maximum Gasteiger partial charge on any atom is 0.369 e. The monoisotopic (exact) mass is 1360 g/mol. The van der Waals surface area contributed by atoms with Crippen LogP contribution in [-0.2, 0) is 0 Å². The van der Waals surface area contributed by atoms with Crippen molar-refractivity contribution in [3.8, 4) is 23.0 Å². The average molecular weight is 1360 g/mol. The number of benzene rings is 6. The van der Waals surface area contributed by atoms with E-state index in [1.165, 1.54) is 18.2 Å². The molecule has 16 heteroatoms. The molecule has 0 heterocycles. The maximum absolute atomic E-state index is 14.4. The maximum atomic E-state index is 14.4. The van der Waals surface area contributed by atoms with Gasteiger partial charge in [0.05, 0.1) is 19.6 Å². The summed E-state index contributed by atoms with van der Waals surface area (Å²) in [5.41, 5.74) is 1.87. The molecule has 0 radical (unpaired) electrons. The molecule has 4 N–H and O–H groups in total. The highest BCUT2D eigenvalue weighted by Gasteiger charge is 2.60. The number of ketones is 2. The Balaban J connectivity index is 0.000000215. The fourth-order valence-corrected chi connectivity index (χ4v) is 15.5. The molecule has 0 spiro atoms. The number of alkyl halides is 2. The van der Waals surface area contributed by atoms with E-state index in [2.05, 4.69) is 119 Å². The van der Waals surface area contributed by atoms with Gasteiger partial charge in [0, 0.05) is 58.3 Å². The summed E-state index contributed by atoms with van der Waals surface area (Å²) < 4.78 is 11.3. The molecule has 10 atom stereocenters. The summed E-state index contributed by atoms with van der Waals surface area (Å²) in [5, 5.41) is 31.3. The fraction of sp³-hybridized carbons (Fsp3) is 0.463. The second-order valence-electron chi connectivity index (χ2n) is 25.1. The van der Waals surface area contributed by atoms with Crippen LogP contribution in [0.25, 0.3) is 21.5 Å². The number of Topliss-reactive ketones (excluding diaryl/α,β-unsaturated/α-hetero) is 2. The lowest BCUT2D eigenvalue weighted by Gasteiger charge is -2.60. The van der Waals surface area contributed by atoms with Gasteiger partial charge in [-0.2, -0.15) is 0 Å². The Hall–Kier alpha value is -4.60. The lowest BCUT2D eigenvalue weighted by Crippen LogP contribution is -2.60. The second kappa shape index (κ2) is 27.8. The number of halogens is 5. The van der Waals surface area contributed by atoms with Crippen molar-refractivity contribution < 1.29 is 38.9 Å². The van der Waals surface area contributed by atoms with Crippen LogP contribution in [0.2, 0.25) is 0 Å². The van der Waals surface area contributed by atoms with Crippen LogP contribution in [-0.4, -0.2) is 68.4 Å². The third-order valence-electron chi connectivity index (χ3n) is 19.3. The smallest absolute Gasteiger partial charge is 0.369 e. The van der Waals surface area contributed by atoms with E-state index in [1.807, 2.05) is 91.0 Å². The van der Waals surface area contributed by atoms with Gasteiger partial charge in [0.2, 0.25) is 0 Å². The molecule has 0 saturated heterocycles. The Morgan fingerprint density at radius 1 is 0.530 bits per heavy atom. The quantitative estimate of drug-likeness (QED) is 0.0601. The number of methoxy groups -OCH3 is 2. The van der Waals surface area contributed by atoms with Crippen molar-refractivity contribution in [2.75, 3.05) is 19.6 Å². The first-order valence-electron chi connectivity index (χ1n) is 28.7. The molecular weight excluding hydrogens is 1280 g/mol. The molecule has 6 aromatic carbocycles. The zero-order chi connectivity index (χ0) is 60.8. The second-order valence-corrected chi connectivity index (χ2v) is 32.4. The minimum atomic E-state index is -0.353. The van der Waals surface area contributed by atoms with Gasteiger partial charge in [-0.15, -0.1) is 70.5 Å². The number of ether oxygens (including phenoxy) is 2. The van der Waals surface area contributed by atoms with Crippen molar-refractivity contribution in [2.45, 2.75) is 119 Å². The van der Waals surface area contributed by atoms with E-state index in [0.717, 1.165) is 72.9 Å². The SMILES string of the molecule is BrB(Br)Br.COc1cc(OC)cc(C(=O)[C@H]2[C@H](C)[C@H](NC(=O)c3ccc4ccccc4c3)C[C@H]3C(C)(C)CCC[C@]23C)c1.C[C@@H]1[C@H](NC(=O)c2ccc3ccccc3c2)C[C@H]2C(C)(C)CCC[C@]2(C)[C@H]1C(=O)c1cc(O)cc(O)c1.ClCCl. The molecule has 83 heavy (non-hydrogen) atoms. The predicted octanol–water partition coefficient (Wildman–Crippen LogP) is 17.6. The van der Waals surface area contributed by atoms with Gasteiger partial charge < -0.3 is 30.3 Å². The number of carbonyl (C=O) groups excluding carboxylic acids is 4. The zero-order valence-corrected chi connectivity index (χ0v) is 55.6. The topological polar surface area (TPSA) is 151 Å². The van der Waals surface area contributed by atoms with Crippen LogP contribution in [0.15, 0.2) is 121 Å². The minimum Gasteiger partial charge on any atom is -0.508 e.